The molecular formula is C17H19F2NO. The Balaban J connectivity index is 2.38. The van der Waals surface area contributed by atoms with Gasteiger partial charge in [0, 0.05) is 17.7 Å². The van der Waals surface area contributed by atoms with Crippen molar-refractivity contribution in [3.05, 3.63) is 65.2 Å². The summed E-state index contributed by atoms with van der Waals surface area (Å²) in [5.74, 6) is -0.388. The van der Waals surface area contributed by atoms with Gasteiger partial charge in [-0.05, 0) is 31.0 Å². The van der Waals surface area contributed by atoms with E-state index in [1.54, 1.807) is 24.3 Å². The minimum Gasteiger partial charge on any atom is -0.484 e. The second kappa shape index (κ2) is 6.68. The van der Waals surface area contributed by atoms with E-state index in [4.69, 9.17) is 10.5 Å². The van der Waals surface area contributed by atoms with Crippen LogP contribution in [0.3, 0.4) is 0 Å². The number of rotatable bonds is 5. The maximum atomic E-state index is 14.0. The highest BCUT2D eigenvalue weighted by molar-refractivity contribution is 5.34. The summed E-state index contributed by atoms with van der Waals surface area (Å²) >= 11 is 0. The minimum absolute atomic E-state index is 0.375. The molecule has 2 aromatic rings. The molecule has 2 rings (SSSR count). The second-order valence-electron chi connectivity index (χ2n) is 5.04. The van der Waals surface area contributed by atoms with E-state index in [1.165, 1.54) is 18.2 Å². The number of hydrogen-bond donors (Lipinski definition) is 1. The Kier molecular flexibility index (Phi) is 4.91. The maximum Gasteiger partial charge on any atom is 0.142 e. The zero-order valence-electron chi connectivity index (χ0n) is 12.1. The normalized spacial score (nSPS) is 13.8. The summed E-state index contributed by atoms with van der Waals surface area (Å²) in [6.07, 6.45) is -0.0374. The summed E-state index contributed by atoms with van der Waals surface area (Å²) in [6.45, 7) is 3.71. The van der Waals surface area contributed by atoms with Gasteiger partial charge < -0.3 is 10.5 Å². The van der Waals surface area contributed by atoms with Gasteiger partial charge in [-0.3, -0.25) is 0 Å². The van der Waals surface area contributed by atoms with Crippen molar-refractivity contribution in [3.63, 3.8) is 0 Å². The molecule has 2 aromatic carbocycles. The molecule has 0 bridgehead atoms. The summed E-state index contributed by atoms with van der Waals surface area (Å²) in [5.41, 5.74) is 7.23. The molecule has 0 aliphatic carbocycles. The topological polar surface area (TPSA) is 35.2 Å². The summed E-state index contributed by atoms with van der Waals surface area (Å²) < 4.78 is 33.2. The molecule has 4 heteroatoms. The molecule has 0 aliphatic rings. The van der Waals surface area contributed by atoms with E-state index in [0.29, 0.717) is 17.7 Å². The lowest BCUT2D eigenvalue weighted by molar-refractivity contribution is 0.165. The predicted octanol–water partition coefficient (Wildman–Crippen LogP) is 4.13. The quantitative estimate of drug-likeness (QED) is 0.899. The molecule has 2 N–H and O–H groups in total. The number of nitrogens with two attached hydrogens (primary N) is 1. The Morgan fingerprint density at radius 3 is 2.52 bits per heavy atom. The van der Waals surface area contributed by atoms with E-state index >= 15 is 0 Å². The Morgan fingerprint density at radius 2 is 1.86 bits per heavy atom. The van der Waals surface area contributed by atoms with E-state index in [-0.39, 0.29) is 11.9 Å². The van der Waals surface area contributed by atoms with Gasteiger partial charge in [0.1, 0.15) is 23.5 Å². The molecular weight excluding hydrogens is 272 g/mol. The highest BCUT2D eigenvalue weighted by atomic mass is 19.1. The number of benzene rings is 2. The first-order valence-electron chi connectivity index (χ1n) is 6.95. The molecule has 112 valence electrons. The molecule has 2 nitrogen and oxygen atoms in total. The third kappa shape index (κ3) is 3.58. The minimum atomic E-state index is -0.656. The summed E-state index contributed by atoms with van der Waals surface area (Å²) in [6, 6.07) is 10.3. The highest BCUT2D eigenvalue weighted by Crippen LogP contribution is 2.29. The molecule has 0 fully saturated rings. The summed E-state index contributed by atoms with van der Waals surface area (Å²) in [4.78, 5) is 0. The molecule has 0 amide bonds. The largest absolute Gasteiger partial charge is 0.484 e. The van der Waals surface area contributed by atoms with E-state index in [2.05, 4.69) is 0 Å². The first-order chi connectivity index (χ1) is 10.0. The van der Waals surface area contributed by atoms with Crippen LogP contribution in [-0.2, 0) is 0 Å². The number of halogens is 2. The van der Waals surface area contributed by atoms with Gasteiger partial charge in [0.05, 0.1) is 0 Å². The fraction of sp³-hybridized carbons (Fsp3) is 0.294. The van der Waals surface area contributed by atoms with E-state index in [0.717, 1.165) is 5.56 Å². The van der Waals surface area contributed by atoms with Gasteiger partial charge in [-0.1, -0.05) is 31.2 Å². The van der Waals surface area contributed by atoms with Gasteiger partial charge in [-0.15, -0.1) is 0 Å². The predicted molar refractivity (Wildman–Crippen MR) is 79.2 cm³/mol. The van der Waals surface area contributed by atoms with Gasteiger partial charge in [-0.25, -0.2) is 8.78 Å². The van der Waals surface area contributed by atoms with Crippen LogP contribution in [0.2, 0.25) is 0 Å². The molecule has 2 atom stereocenters. The lowest BCUT2D eigenvalue weighted by atomic mass is 10.00. The van der Waals surface area contributed by atoms with Gasteiger partial charge in [0.2, 0.25) is 0 Å². The van der Waals surface area contributed by atoms with Crippen LogP contribution in [-0.4, -0.2) is 6.04 Å². The van der Waals surface area contributed by atoms with Crippen molar-refractivity contribution in [2.75, 3.05) is 0 Å². The maximum absolute atomic E-state index is 14.0. The van der Waals surface area contributed by atoms with Gasteiger partial charge in [0.15, 0.2) is 0 Å². The molecule has 0 heterocycles. The number of hydrogen-bond acceptors (Lipinski definition) is 2. The van der Waals surface area contributed by atoms with Crippen LogP contribution >= 0.6 is 0 Å². The Labute approximate surface area is 123 Å². The molecule has 21 heavy (non-hydrogen) atoms. The average molecular weight is 291 g/mol. The van der Waals surface area contributed by atoms with Gasteiger partial charge in [-0.2, -0.15) is 0 Å². The van der Waals surface area contributed by atoms with Crippen LogP contribution < -0.4 is 10.5 Å². The first kappa shape index (κ1) is 15.4. The van der Waals surface area contributed by atoms with Crippen molar-refractivity contribution in [1.82, 2.24) is 0 Å². The van der Waals surface area contributed by atoms with Crippen LogP contribution in [0.5, 0.6) is 5.75 Å². The number of aryl methyl sites for hydroxylation is 1. The Bertz CT molecular complexity index is 615. The van der Waals surface area contributed by atoms with Crippen LogP contribution in [0.1, 0.15) is 30.6 Å². The third-order valence-electron chi connectivity index (χ3n) is 3.48. The monoisotopic (exact) mass is 291 g/mol. The first-order valence-corrected chi connectivity index (χ1v) is 6.95. The fourth-order valence-corrected chi connectivity index (χ4v) is 2.14. The fourth-order valence-electron chi connectivity index (χ4n) is 2.14. The molecule has 0 saturated heterocycles. The lowest BCUT2D eigenvalue weighted by Gasteiger charge is -2.26. The molecule has 0 aromatic heterocycles. The van der Waals surface area contributed by atoms with Crippen LogP contribution in [0.4, 0.5) is 8.78 Å². The third-order valence-corrected chi connectivity index (χ3v) is 3.48. The van der Waals surface area contributed by atoms with Crippen LogP contribution in [0, 0.1) is 18.6 Å². The zero-order chi connectivity index (χ0) is 15.4. The molecule has 0 aliphatic heterocycles. The van der Waals surface area contributed by atoms with Crippen LogP contribution in [0.25, 0.3) is 0 Å². The standard InChI is InChI=1S/C17H19F2NO/c1-3-15(20)17(13-6-4-5-7-14(13)19)21-16-10-12(18)9-8-11(16)2/h4-10,15,17H,3,20H2,1-2H3. The van der Waals surface area contributed by atoms with Crippen molar-refractivity contribution in [2.45, 2.75) is 32.4 Å². The van der Waals surface area contributed by atoms with Crippen molar-refractivity contribution in [2.24, 2.45) is 5.73 Å². The second-order valence-corrected chi connectivity index (χ2v) is 5.04. The Hall–Kier alpha value is -1.94. The van der Waals surface area contributed by atoms with Crippen molar-refractivity contribution in [3.8, 4) is 5.75 Å². The van der Waals surface area contributed by atoms with Gasteiger partial charge in [0.25, 0.3) is 0 Å². The van der Waals surface area contributed by atoms with Crippen molar-refractivity contribution < 1.29 is 13.5 Å². The molecule has 0 saturated carbocycles. The van der Waals surface area contributed by atoms with E-state index in [9.17, 15) is 8.78 Å². The van der Waals surface area contributed by atoms with Gasteiger partial charge >= 0.3 is 0 Å². The summed E-state index contributed by atoms with van der Waals surface area (Å²) in [5, 5.41) is 0. The molecule has 0 spiro atoms. The smallest absolute Gasteiger partial charge is 0.142 e. The van der Waals surface area contributed by atoms with Crippen molar-refractivity contribution >= 4 is 0 Å². The zero-order valence-corrected chi connectivity index (χ0v) is 12.1. The summed E-state index contributed by atoms with van der Waals surface area (Å²) in [7, 11) is 0. The highest BCUT2D eigenvalue weighted by Gasteiger charge is 2.24. The van der Waals surface area contributed by atoms with E-state index < -0.39 is 11.9 Å². The van der Waals surface area contributed by atoms with Crippen molar-refractivity contribution in [1.29, 1.82) is 0 Å². The SMILES string of the molecule is CCC(N)C(Oc1cc(F)ccc1C)c1ccccc1F. The number of ether oxygens (including phenoxy) is 1. The Morgan fingerprint density at radius 1 is 1.14 bits per heavy atom. The average Bonchev–Trinajstić information content (AvgIpc) is 2.48. The lowest BCUT2D eigenvalue weighted by Crippen LogP contribution is -2.32. The molecule has 0 radical (unpaired) electrons. The molecule has 2 unspecified atom stereocenters. The van der Waals surface area contributed by atoms with Crippen LogP contribution in [0.15, 0.2) is 42.5 Å². The van der Waals surface area contributed by atoms with E-state index in [1.807, 2.05) is 13.8 Å².